The number of hydrogen-bond acceptors (Lipinski definition) is 7. The summed E-state index contributed by atoms with van der Waals surface area (Å²) in [5.74, 6) is 0.332. The molecule has 4 heterocycles. The van der Waals surface area contributed by atoms with Crippen LogP contribution in [0.25, 0.3) is 10.9 Å². The Morgan fingerprint density at radius 2 is 2.03 bits per heavy atom. The van der Waals surface area contributed by atoms with Crippen molar-refractivity contribution < 1.29 is 19.1 Å². The topological polar surface area (TPSA) is 128 Å². The van der Waals surface area contributed by atoms with Crippen LogP contribution in [0.15, 0.2) is 30.5 Å². The van der Waals surface area contributed by atoms with Gasteiger partial charge in [-0.2, -0.15) is 0 Å². The molecule has 9 heteroatoms. The largest absolute Gasteiger partial charge is 0.493 e. The molecular formula is C25H27N5O4. The van der Waals surface area contributed by atoms with Crippen molar-refractivity contribution >= 4 is 34.1 Å². The first-order valence-corrected chi connectivity index (χ1v) is 11.5. The summed E-state index contributed by atoms with van der Waals surface area (Å²) in [7, 11) is 0. The summed E-state index contributed by atoms with van der Waals surface area (Å²) in [6.45, 7) is 4.42. The summed E-state index contributed by atoms with van der Waals surface area (Å²) in [6, 6.07) is 7.41. The van der Waals surface area contributed by atoms with Crippen molar-refractivity contribution in [2.45, 2.75) is 26.2 Å². The molecule has 0 aliphatic carbocycles. The van der Waals surface area contributed by atoms with E-state index in [1.54, 1.807) is 13.0 Å². The highest BCUT2D eigenvalue weighted by molar-refractivity contribution is 6.09. The fourth-order valence-electron chi connectivity index (χ4n) is 4.55. The monoisotopic (exact) mass is 461 g/mol. The molecule has 1 aromatic carbocycles. The molecule has 176 valence electrons. The minimum atomic E-state index is -0.610. The van der Waals surface area contributed by atoms with Gasteiger partial charge in [0.15, 0.2) is 0 Å². The fourth-order valence-corrected chi connectivity index (χ4v) is 4.55. The predicted molar refractivity (Wildman–Crippen MR) is 128 cm³/mol. The summed E-state index contributed by atoms with van der Waals surface area (Å²) in [5.41, 5.74) is 9.74. The lowest BCUT2D eigenvalue weighted by Crippen LogP contribution is -2.32. The molecule has 1 saturated heterocycles. The number of pyridine rings is 2. The molecule has 9 nitrogen and oxygen atoms in total. The van der Waals surface area contributed by atoms with Crippen LogP contribution in [0.2, 0.25) is 0 Å². The Morgan fingerprint density at radius 1 is 1.21 bits per heavy atom. The summed E-state index contributed by atoms with van der Waals surface area (Å²) in [6.07, 6.45) is 4.06. The van der Waals surface area contributed by atoms with Gasteiger partial charge >= 0.3 is 0 Å². The fraction of sp³-hybridized carbons (Fsp3) is 0.360. The van der Waals surface area contributed by atoms with Crippen molar-refractivity contribution in [2.24, 2.45) is 11.7 Å². The number of nitrogens with one attached hydrogen (secondary N) is 2. The minimum absolute atomic E-state index is 0.239. The average Bonchev–Trinajstić information content (AvgIpc) is 3.33. The van der Waals surface area contributed by atoms with Gasteiger partial charge in [0.1, 0.15) is 11.4 Å². The highest BCUT2D eigenvalue weighted by Gasteiger charge is 2.22. The number of hydrogen-bond donors (Lipinski definition) is 3. The summed E-state index contributed by atoms with van der Waals surface area (Å²) < 4.78 is 11.1. The maximum absolute atomic E-state index is 13.0. The normalized spacial score (nSPS) is 15.6. The van der Waals surface area contributed by atoms with E-state index >= 15 is 0 Å². The van der Waals surface area contributed by atoms with Crippen LogP contribution in [-0.2, 0) is 11.2 Å². The Kier molecular flexibility index (Phi) is 6.02. The van der Waals surface area contributed by atoms with E-state index in [4.69, 9.17) is 15.2 Å². The van der Waals surface area contributed by atoms with E-state index in [2.05, 4.69) is 20.6 Å². The zero-order valence-corrected chi connectivity index (χ0v) is 19.0. The van der Waals surface area contributed by atoms with Gasteiger partial charge in [-0.3, -0.25) is 14.6 Å². The van der Waals surface area contributed by atoms with E-state index in [0.29, 0.717) is 41.4 Å². The Bertz CT molecular complexity index is 1270. The quantitative estimate of drug-likeness (QED) is 0.515. The number of ether oxygens (including phenoxy) is 2. The molecule has 0 atom stereocenters. The molecule has 0 radical (unpaired) electrons. The van der Waals surface area contributed by atoms with Crippen LogP contribution in [0, 0.1) is 12.8 Å². The van der Waals surface area contributed by atoms with E-state index in [-0.39, 0.29) is 17.2 Å². The molecule has 4 N–H and O–H groups in total. The number of anilines is 2. The lowest BCUT2D eigenvalue weighted by atomic mass is 10.0. The van der Waals surface area contributed by atoms with Gasteiger partial charge in [0.25, 0.3) is 11.8 Å². The van der Waals surface area contributed by atoms with Crippen LogP contribution in [-0.4, -0.2) is 48.1 Å². The molecule has 5 rings (SSSR count). The third-order valence-electron chi connectivity index (χ3n) is 6.42. The first-order valence-electron chi connectivity index (χ1n) is 11.5. The van der Waals surface area contributed by atoms with E-state index in [0.717, 1.165) is 49.5 Å². The molecule has 2 amide bonds. The number of carbonyl (C=O) groups excluding carboxylic acids is 2. The number of primary amides is 1. The van der Waals surface area contributed by atoms with Crippen LogP contribution in [0.3, 0.4) is 0 Å². The number of carbonyl (C=O) groups is 2. The average molecular weight is 462 g/mol. The Labute approximate surface area is 197 Å². The van der Waals surface area contributed by atoms with Gasteiger partial charge in [-0.15, -0.1) is 0 Å². The minimum Gasteiger partial charge on any atom is -0.493 e. The van der Waals surface area contributed by atoms with Gasteiger partial charge in [-0.25, -0.2) is 4.98 Å². The first-order chi connectivity index (χ1) is 16.5. The van der Waals surface area contributed by atoms with Crippen LogP contribution < -0.4 is 21.1 Å². The number of benzene rings is 1. The smallest absolute Gasteiger partial charge is 0.269 e. The van der Waals surface area contributed by atoms with Gasteiger partial charge < -0.3 is 25.8 Å². The van der Waals surface area contributed by atoms with Gasteiger partial charge in [0, 0.05) is 49.0 Å². The van der Waals surface area contributed by atoms with Gasteiger partial charge in [0.05, 0.1) is 29.1 Å². The number of aromatic nitrogens is 2. The maximum Gasteiger partial charge on any atom is 0.269 e. The molecule has 2 aliphatic rings. The Hall–Kier alpha value is -3.72. The Morgan fingerprint density at radius 3 is 2.82 bits per heavy atom. The highest BCUT2D eigenvalue weighted by Crippen LogP contribution is 2.36. The second-order valence-electron chi connectivity index (χ2n) is 8.67. The Balaban J connectivity index is 1.53. The number of aryl methyl sites for hydroxylation is 1. The second-order valence-corrected chi connectivity index (χ2v) is 8.67. The molecule has 34 heavy (non-hydrogen) atoms. The number of amides is 2. The lowest BCUT2D eigenvalue weighted by Gasteiger charge is -2.22. The van der Waals surface area contributed by atoms with E-state index in [9.17, 15) is 9.59 Å². The third-order valence-corrected chi connectivity index (χ3v) is 6.42. The highest BCUT2D eigenvalue weighted by atomic mass is 16.5. The van der Waals surface area contributed by atoms with Crippen molar-refractivity contribution in [3.8, 4) is 5.75 Å². The number of fused-ring (bicyclic) bond motifs is 2. The zero-order chi connectivity index (χ0) is 23.7. The van der Waals surface area contributed by atoms with Gasteiger partial charge in [-0.05, 0) is 43.9 Å². The van der Waals surface area contributed by atoms with E-state index in [1.807, 2.05) is 18.2 Å². The molecule has 3 aromatic rings. The van der Waals surface area contributed by atoms with Crippen LogP contribution in [0.4, 0.5) is 11.4 Å². The second kappa shape index (κ2) is 9.26. The van der Waals surface area contributed by atoms with Gasteiger partial charge in [-0.1, -0.05) is 6.07 Å². The number of nitrogens with zero attached hydrogens (tertiary/aromatic N) is 2. The van der Waals surface area contributed by atoms with Crippen LogP contribution >= 0.6 is 0 Å². The summed E-state index contributed by atoms with van der Waals surface area (Å²) >= 11 is 0. The number of rotatable bonds is 6. The molecule has 0 unspecified atom stereocenters. The molecule has 2 aromatic heterocycles. The third kappa shape index (κ3) is 4.26. The van der Waals surface area contributed by atoms with Crippen molar-refractivity contribution in [1.29, 1.82) is 0 Å². The van der Waals surface area contributed by atoms with Crippen LogP contribution in [0.1, 0.15) is 44.9 Å². The van der Waals surface area contributed by atoms with Crippen LogP contribution in [0.5, 0.6) is 5.75 Å². The summed E-state index contributed by atoms with van der Waals surface area (Å²) in [4.78, 5) is 34.2. The molecule has 0 bridgehead atoms. The van der Waals surface area contributed by atoms with Gasteiger partial charge in [0.2, 0.25) is 0 Å². The van der Waals surface area contributed by atoms with Crippen molar-refractivity contribution in [3.05, 3.63) is 53.0 Å². The van der Waals surface area contributed by atoms with Crippen molar-refractivity contribution in [3.63, 3.8) is 0 Å². The van der Waals surface area contributed by atoms with Crippen molar-refractivity contribution in [2.75, 3.05) is 31.7 Å². The predicted octanol–water partition coefficient (Wildman–Crippen LogP) is 2.87. The summed E-state index contributed by atoms with van der Waals surface area (Å²) in [5, 5.41) is 6.98. The lowest BCUT2D eigenvalue weighted by molar-refractivity contribution is 0.0642. The van der Waals surface area contributed by atoms with E-state index < -0.39 is 5.91 Å². The SMILES string of the molecule is Cc1nc(C(=O)NCC2CCOCC2)cc2c(Nc3cccc4c3CCO4)c(C(N)=O)cnc12. The van der Waals surface area contributed by atoms with E-state index in [1.165, 1.54) is 6.20 Å². The molecule has 0 saturated carbocycles. The zero-order valence-electron chi connectivity index (χ0n) is 19.0. The van der Waals surface area contributed by atoms with Crippen molar-refractivity contribution in [1.82, 2.24) is 15.3 Å². The number of nitrogens with two attached hydrogens (primary N) is 1. The molecule has 1 fully saturated rings. The molecule has 2 aliphatic heterocycles. The maximum atomic E-state index is 13.0. The molecule has 0 spiro atoms. The standard InChI is InChI=1S/C25H27N5O4/c1-14-22-17(11-20(29-14)25(32)28-12-15-5-8-33-9-6-15)23(18(13-27-22)24(26)31)30-19-3-2-4-21-16(19)7-10-34-21/h2-4,11,13,15H,5-10,12H2,1H3,(H2,26,31)(H,27,30)(H,28,32). The first kappa shape index (κ1) is 22.1. The molecular weight excluding hydrogens is 434 g/mol.